The summed E-state index contributed by atoms with van der Waals surface area (Å²) < 4.78 is 0. The van der Waals surface area contributed by atoms with Gasteiger partial charge in [-0.05, 0) is 47.9 Å². The first-order valence-corrected chi connectivity index (χ1v) is 8.43. The Morgan fingerprint density at radius 1 is 1.14 bits per heavy atom. The Morgan fingerprint density at radius 3 is 2.77 bits per heavy atom. The summed E-state index contributed by atoms with van der Waals surface area (Å²) in [5.74, 6) is 0.632. The van der Waals surface area contributed by atoms with Crippen LogP contribution in [0.15, 0.2) is 29.8 Å². The van der Waals surface area contributed by atoms with Crippen LogP contribution in [0.25, 0.3) is 18.7 Å². The molecule has 4 rings (SSSR count). The lowest BCUT2D eigenvalue weighted by Crippen LogP contribution is -2.09. The molecule has 1 fully saturated rings. The van der Waals surface area contributed by atoms with Gasteiger partial charge in [0.25, 0.3) is 0 Å². The van der Waals surface area contributed by atoms with E-state index in [0.29, 0.717) is 5.92 Å². The normalized spacial score (nSPS) is 20.1. The van der Waals surface area contributed by atoms with Gasteiger partial charge in [-0.25, -0.2) is 0 Å². The Kier molecular flexibility index (Phi) is 3.11. The molecular weight excluding hydrogens is 266 g/mol. The monoisotopic (exact) mass is 289 g/mol. The van der Waals surface area contributed by atoms with Gasteiger partial charge in [0.1, 0.15) is 0 Å². The third kappa shape index (κ3) is 1.78. The minimum absolute atomic E-state index is 0.632. The number of aromatic amines is 1. The first-order chi connectivity index (χ1) is 10.7. The second kappa shape index (κ2) is 5.01. The van der Waals surface area contributed by atoms with Crippen molar-refractivity contribution in [3.63, 3.8) is 0 Å². The van der Waals surface area contributed by atoms with Crippen LogP contribution in [0, 0.1) is 0 Å². The third-order valence-corrected chi connectivity index (χ3v) is 5.41. The summed E-state index contributed by atoms with van der Waals surface area (Å²) >= 11 is 0. The fourth-order valence-corrected chi connectivity index (χ4v) is 4.50. The SMILES string of the molecule is C=c1[nH]c(=C)c(C2=C3CCCCC3c3ccccc32)c1CC. The van der Waals surface area contributed by atoms with E-state index in [0.717, 1.165) is 17.1 Å². The van der Waals surface area contributed by atoms with Gasteiger partial charge in [-0.15, -0.1) is 0 Å². The molecule has 1 aromatic carbocycles. The molecule has 1 unspecified atom stereocenters. The molecule has 112 valence electrons. The molecule has 0 saturated heterocycles. The second-order valence-electron chi connectivity index (χ2n) is 6.58. The van der Waals surface area contributed by atoms with E-state index in [9.17, 15) is 0 Å². The molecule has 1 heteroatoms. The van der Waals surface area contributed by atoms with E-state index in [1.807, 2.05) is 0 Å². The van der Waals surface area contributed by atoms with E-state index >= 15 is 0 Å². The van der Waals surface area contributed by atoms with Crippen LogP contribution in [0.5, 0.6) is 0 Å². The first kappa shape index (κ1) is 13.6. The largest absolute Gasteiger partial charge is 0.356 e. The number of rotatable bonds is 2. The van der Waals surface area contributed by atoms with E-state index in [4.69, 9.17) is 0 Å². The predicted octanol–water partition coefficient (Wildman–Crippen LogP) is 3.87. The zero-order chi connectivity index (χ0) is 15.3. The summed E-state index contributed by atoms with van der Waals surface area (Å²) in [5, 5.41) is 2.07. The zero-order valence-corrected chi connectivity index (χ0v) is 13.3. The average Bonchev–Trinajstić information content (AvgIpc) is 3.01. The minimum Gasteiger partial charge on any atom is -0.356 e. The van der Waals surface area contributed by atoms with Gasteiger partial charge < -0.3 is 4.98 Å². The van der Waals surface area contributed by atoms with Crippen LogP contribution >= 0.6 is 0 Å². The standard InChI is InChI=1S/C21H23N/c1-4-15-13(2)22-14(3)20(15)21-18-11-7-5-9-16(18)17-10-6-8-12-19(17)21/h5,7,9,11,17,22H,2-4,6,8,10,12H2,1H3. The second-order valence-corrected chi connectivity index (χ2v) is 6.58. The van der Waals surface area contributed by atoms with Gasteiger partial charge in [-0.3, -0.25) is 0 Å². The van der Waals surface area contributed by atoms with E-state index in [2.05, 4.69) is 49.3 Å². The molecule has 0 amide bonds. The van der Waals surface area contributed by atoms with Gasteiger partial charge >= 0.3 is 0 Å². The lowest BCUT2D eigenvalue weighted by molar-refractivity contribution is 0.549. The Labute approximate surface area is 132 Å². The molecule has 2 aliphatic carbocycles. The van der Waals surface area contributed by atoms with Crippen molar-refractivity contribution >= 4 is 18.7 Å². The van der Waals surface area contributed by atoms with Crippen molar-refractivity contribution in [1.29, 1.82) is 0 Å². The van der Waals surface area contributed by atoms with Crippen molar-refractivity contribution in [2.75, 3.05) is 0 Å². The van der Waals surface area contributed by atoms with Crippen LogP contribution in [0.4, 0.5) is 0 Å². The molecule has 1 saturated carbocycles. The zero-order valence-electron chi connectivity index (χ0n) is 13.3. The van der Waals surface area contributed by atoms with Gasteiger partial charge in [0.05, 0.1) is 0 Å². The van der Waals surface area contributed by atoms with Crippen molar-refractivity contribution in [2.24, 2.45) is 0 Å². The maximum absolute atomic E-state index is 4.28. The number of fused-ring (bicyclic) bond motifs is 3. The maximum Gasteiger partial charge on any atom is 0.0394 e. The summed E-state index contributed by atoms with van der Waals surface area (Å²) in [6, 6.07) is 8.97. The lowest BCUT2D eigenvalue weighted by Gasteiger charge is -2.22. The number of allylic oxidation sites excluding steroid dienone is 1. The minimum atomic E-state index is 0.632. The number of hydrogen-bond donors (Lipinski definition) is 1. The Morgan fingerprint density at radius 2 is 1.95 bits per heavy atom. The van der Waals surface area contributed by atoms with Gasteiger partial charge in [0.2, 0.25) is 0 Å². The van der Waals surface area contributed by atoms with Crippen molar-refractivity contribution in [3.05, 3.63) is 62.8 Å². The molecule has 0 aliphatic heterocycles. The molecular formula is C21H23N. The van der Waals surface area contributed by atoms with Crippen LogP contribution < -0.4 is 10.7 Å². The van der Waals surface area contributed by atoms with E-state index in [-0.39, 0.29) is 0 Å². The number of H-pyrrole nitrogens is 1. The molecule has 2 aromatic rings. The molecule has 0 bridgehead atoms. The fourth-order valence-electron chi connectivity index (χ4n) is 4.50. The van der Waals surface area contributed by atoms with Gasteiger partial charge in [-0.1, -0.05) is 56.3 Å². The average molecular weight is 289 g/mol. The van der Waals surface area contributed by atoms with Crippen LogP contribution in [-0.4, -0.2) is 4.98 Å². The predicted molar refractivity (Wildman–Crippen MR) is 94.1 cm³/mol. The Balaban J connectivity index is 2.05. The molecule has 0 spiro atoms. The van der Waals surface area contributed by atoms with Crippen molar-refractivity contribution in [2.45, 2.75) is 44.9 Å². The topological polar surface area (TPSA) is 15.8 Å². The summed E-state index contributed by atoms with van der Waals surface area (Å²) in [4.78, 5) is 3.37. The van der Waals surface area contributed by atoms with Crippen molar-refractivity contribution in [1.82, 2.24) is 4.98 Å². The highest BCUT2D eigenvalue weighted by Crippen LogP contribution is 2.50. The highest BCUT2D eigenvalue weighted by atomic mass is 14.7. The lowest BCUT2D eigenvalue weighted by atomic mass is 9.82. The molecule has 1 atom stereocenters. The van der Waals surface area contributed by atoms with Crippen molar-refractivity contribution < 1.29 is 0 Å². The molecule has 1 N–H and O–H groups in total. The molecule has 22 heavy (non-hydrogen) atoms. The van der Waals surface area contributed by atoms with Gasteiger partial charge in [0, 0.05) is 22.2 Å². The smallest absolute Gasteiger partial charge is 0.0394 e. The summed E-state index contributed by atoms with van der Waals surface area (Å²) in [6.07, 6.45) is 6.20. The molecule has 1 nitrogen and oxygen atoms in total. The van der Waals surface area contributed by atoms with Crippen LogP contribution in [0.2, 0.25) is 0 Å². The quantitative estimate of drug-likeness (QED) is 0.864. The van der Waals surface area contributed by atoms with Crippen LogP contribution in [-0.2, 0) is 6.42 Å². The number of hydrogen-bond acceptors (Lipinski definition) is 0. The summed E-state index contributed by atoms with van der Waals surface area (Å²) in [5.41, 5.74) is 8.75. The van der Waals surface area contributed by atoms with Crippen LogP contribution in [0.1, 0.15) is 60.8 Å². The van der Waals surface area contributed by atoms with E-state index < -0.39 is 0 Å². The molecule has 1 aromatic heterocycles. The first-order valence-electron chi connectivity index (χ1n) is 8.43. The third-order valence-electron chi connectivity index (χ3n) is 5.41. The van der Waals surface area contributed by atoms with Gasteiger partial charge in [0.15, 0.2) is 0 Å². The summed E-state index contributed by atoms with van der Waals surface area (Å²) in [7, 11) is 0. The highest BCUT2D eigenvalue weighted by Gasteiger charge is 2.34. The maximum atomic E-state index is 4.28. The number of nitrogens with one attached hydrogen (secondary N) is 1. The highest BCUT2D eigenvalue weighted by molar-refractivity contribution is 5.90. The van der Waals surface area contributed by atoms with Crippen molar-refractivity contribution in [3.8, 4) is 0 Å². The molecule has 0 radical (unpaired) electrons. The number of benzene rings is 1. The van der Waals surface area contributed by atoms with Crippen LogP contribution in [0.3, 0.4) is 0 Å². The fraction of sp³-hybridized carbons (Fsp3) is 0.333. The molecule has 2 aliphatic rings. The Bertz CT molecular complexity index is 866. The van der Waals surface area contributed by atoms with Gasteiger partial charge in [-0.2, -0.15) is 0 Å². The number of aromatic nitrogens is 1. The summed E-state index contributed by atoms with van der Waals surface area (Å²) in [6.45, 7) is 10.7. The molecule has 1 heterocycles. The Hall–Kier alpha value is -2.02. The van der Waals surface area contributed by atoms with E-state index in [1.165, 1.54) is 53.5 Å². The van der Waals surface area contributed by atoms with E-state index in [1.54, 1.807) is 5.57 Å².